The van der Waals surface area contributed by atoms with E-state index < -0.39 is 0 Å². The predicted octanol–water partition coefficient (Wildman–Crippen LogP) is 1.35. The Bertz CT molecular complexity index is 459. The van der Waals surface area contributed by atoms with Gasteiger partial charge in [-0.2, -0.15) is 0 Å². The molecule has 1 N–H and O–H groups in total. The highest BCUT2D eigenvalue weighted by molar-refractivity contribution is 5.15. The van der Waals surface area contributed by atoms with E-state index in [1.54, 1.807) is 6.07 Å². The maximum atomic E-state index is 10.7. The molecule has 0 aliphatic heterocycles. The quantitative estimate of drug-likeness (QED) is 0.817. The summed E-state index contributed by atoms with van der Waals surface area (Å²) in [6, 6.07) is 12.7. The minimum atomic E-state index is -0.234. The molecule has 0 aliphatic rings. The van der Waals surface area contributed by atoms with Crippen LogP contribution in [-0.2, 0) is 6.61 Å². The molecule has 0 amide bonds. The monoisotopic (exact) mass is 202 g/mol. The maximum Gasteiger partial charge on any atom is 0.264 e. The first-order valence-electron chi connectivity index (χ1n) is 4.57. The molecule has 0 unspecified atom stereocenters. The van der Waals surface area contributed by atoms with Crippen LogP contribution in [0.4, 0.5) is 0 Å². The fourth-order valence-electron chi connectivity index (χ4n) is 1.14. The molecular weight excluding hydrogens is 192 g/mol. The molecule has 0 saturated heterocycles. The fraction of sp³-hybridized carbons (Fsp3) is 0.0909. The van der Waals surface area contributed by atoms with Crippen molar-refractivity contribution in [3.8, 4) is 5.88 Å². The number of ether oxygens (including phenoxy) is 1. The van der Waals surface area contributed by atoms with E-state index >= 15 is 0 Å². The number of benzene rings is 1. The number of aromatic nitrogens is 2. The maximum absolute atomic E-state index is 10.7. The summed E-state index contributed by atoms with van der Waals surface area (Å²) in [7, 11) is 0. The molecule has 0 fully saturated rings. The van der Waals surface area contributed by atoms with Crippen LogP contribution in [-0.4, -0.2) is 10.2 Å². The number of H-pyrrole nitrogens is 1. The smallest absolute Gasteiger partial charge is 0.264 e. The standard InChI is InChI=1S/C11H10N2O2/c14-10-6-7-11(13-12-10)15-8-9-4-2-1-3-5-9/h1-7H,8H2,(H,12,14). The van der Waals surface area contributed by atoms with E-state index in [0.717, 1.165) is 5.56 Å². The van der Waals surface area contributed by atoms with Crippen molar-refractivity contribution in [2.75, 3.05) is 0 Å². The summed E-state index contributed by atoms with van der Waals surface area (Å²) in [5.41, 5.74) is 0.826. The van der Waals surface area contributed by atoms with Crippen molar-refractivity contribution >= 4 is 0 Å². The van der Waals surface area contributed by atoms with E-state index in [2.05, 4.69) is 10.2 Å². The van der Waals surface area contributed by atoms with Crippen LogP contribution in [0, 0.1) is 0 Å². The molecule has 1 aromatic carbocycles. The number of nitrogens with zero attached hydrogens (tertiary/aromatic N) is 1. The Labute approximate surface area is 86.5 Å². The first-order valence-corrected chi connectivity index (χ1v) is 4.57. The lowest BCUT2D eigenvalue weighted by Gasteiger charge is -2.03. The van der Waals surface area contributed by atoms with Crippen molar-refractivity contribution in [3.63, 3.8) is 0 Å². The van der Waals surface area contributed by atoms with Gasteiger partial charge in [0.25, 0.3) is 5.56 Å². The topological polar surface area (TPSA) is 55.0 Å². The van der Waals surface area contributed by atoms with Crippen molar-refractivity contribution in [2.24, 2.45) is 0 Å². The summed E-state index contributed by atoms with van der Waals surface area (Å²) in [4.78, 5) is 10.7. The van der Waals surface area contributed by atoms with Gasteiger partial charge in [0, 0.05) is 12.1 Å². The highest BCUT2D eigenvalue weighted by Crippen LogP contribution is 2.05. The summed E-state index contributed by atoms with van der Waals surface area (Å²) in [5, 5.41) is 6.04. The van der Waals surface area contributed by atoms with Gasteiger partial charge in [0.15, 0.2) is 0 Å². The molecule has 76 valence electrons. The molecule has 2 rings (SSSR count). The number of aromatic amines is 1. The molecule has 4 nitrogen and oxygen atoms in total. The van der Waals surface area contributed by atoms with Crippen molar-refractivity contribution in [1.29, 1.82) is 0 Å². The van der Waals surface area contributed by atoms with Gasteiger partial charge in [0.05, 0.1) is 0 Å². The van der Waals surface area contributed by atoms with Gasteiger partial charge in [-0.25, -0.2) is 5.10 Å². The first kappa shape index (κ1) is 9.45. The number of hydrogen-bond acceptors (Lipinski definition) is 3. The second-order valence-electron chi connectivity index (χ2n) is 3.03. The molecule has 0 atom stereocenters. The third-order valence-electron chi connectivity index (χ3n) is 1.88. The number of hydrogen-bond donors (Lipinski definition) is 1. The van der Waals surface area contributed by atoms with Crippen LogP contribution in [0.3, 0.4) is 0 Å². The Morgan fingerprint density at radius 1 is 1.13 bits per heavy atom. The van der Waals surface area contributed by atoms with Crippen molar-refractivity contribution in [3.05, 3.63) is 58.4 Å². The molecule has 0 aliphatic carbocycles. The summed E-state index contributed by atoms with van der Waals surface area (Å²) in [5.74, 6) is 0.415. The Hall–Kier alpha value is -2.10. The zero-order valence-corrected chi connectivity index (χ0v) is 8.01. The third kappa shape index (κ3) is 2.67. The number of rotatable bonds is 3. The SMILES string of the molecule is O=c1ccc(OCc2ccccc2)n[nH]1. The Kier molecular flexibility index (Phi) is 2.78. The second kappa shape index (κ2) is 4.41. The van der Waals surface area contributed by atoms with Crippen LogP contribution in [0.2, 0.25) is 0 Å². The van der Waals surface area contributed by atoms with Crippen LogP contribution in [0.5, 0.6) is 5.88 Å². The van der Waals surface area contributed by atoms with Gasteiger partial charge in [0.1, 0.15) is 6.61 Å². The van der Waals surface area contributed by atoms with Crippen molar-refractivity contribution in [1.82, 2.24) is 10.2 Å². The minimum absolute atomic E-state index is 0.234. The number of nitrogens with one attached hydrogen (secondary N) is 1. The van der Waals surface area contributed by atoms with Gasteiger partial charge < -0.3 is 4.74 Å². The molecule has 0 radical (unpaired) electrons. The van der Waals surface area contributed by atoms with Crippen LogP contribution >= 0.6 is 0 Å². The Morgan fingerprint density at radius 2 is 1.93 bits per heavy atom. The van der Waals surface area contributed by atoms with Crippen LogP contribution < -0.4 is 10.3 Å². The van der Waals surface area contributed by atoms with Gasteiger partial charge >= 0.3 is 0 Å². The van der Waals surface area contributed by atoms with Crippen LogP contribution in [0.15, 0.2) is 47.3 Å². The van der Waals surface area contributed by atoms with E-state index in [4.69, 9.17) is 4.74 Å². The molecule has 0 bridgehead atoms. The zero-order valence-electron chi connectivity index (χ0n) is 8.01. The van der Waals surface area contributed by atoms with E-state index in [-0.39, 0.29) is 5.56 Å². The van der Waals surface area contributed by atoms with E-state index in [1.165, 1.54) is 6.07 Å². The average molecular weight is 202 g/mol. The normalized spacial score (nSPS) is 9.87. The molecule has 1 aromatic heterocycles. The third-order valence-corrected chi connectivity index (χ3v) is 1.88. The molecule has 0 saturated carbocycles. The molecule has 15 heavy (non-hydrogen) atoms. The summed E-state index contributed by atoms with van der Waals surface area (Å²) >= 11 is 0. The highest BCUT2D eigenvalue weighted by Gasteiger charge is 1.95. The van der Waals surface area contributed by atoms with Gasteiger partial charge in [-0.3, -0.25) is 4.79 Å². The predicted molar refractivity (Wildman–Crippen MR) is 55.6 cm³/mol. The van der Waals surface area contributed by atoms with E-state index in [0.29, 0.717) is 12.5 Å². The summed E-state index contributed by atoms with van der Waals surface area (Å²) in [6.45, 7) is 0.444. The fourth-order valence-corrected chi connectivity index (χ4v) is 1.14. The van der Waals surface area contributed by atoms with Crippen molar-refractivity contribution in [2.45, 2.75) is 6.61 Å². The molecule has 2 aromatic rings. The second-order valence-corrected chi connectivity index (χ2v) is 3.03. The highest BCUT2D eigenvalue weighted by atomic mass is 16.5. The minimum Gasteiger partial charge on any atom is -0.472 e. The summed E-state index contributed by atoms with van der Waals surface area (Å²) in [6.07, 6.45) is 0. The largest absolute Gasteiger partial charge is 0.472 e. The van der Waals surface area contributed by atoms with E-state index in [1.807, 2.05) is 30.3 Å². The molecular formula is C11H10N2O2. The summed E-state index contributed by atoms with van der Waals surface area (Å²) < 4.78 is 5.37. The van der Waals surface area contributed by atoms with Gasteiger partial charge in [-0.1, -0.05) is 30.3 Å². The van der Waals surface area contributed by atoms with Gasteiger partial charge in [0.2, 0.25) is 5.88 Å². The van der Waals surface area contributed by atoms with Crippen molar-refractivity contribution < 1.29 is 4.74 Å². The Morgan fingerprint density at radius 3 is 2.60 bits per heavy atom. The van der Waals surface area contributed by atoms with E-state index in [9.17, 15) is 4.79 Å². The van der Waals surface area contributed by atoms with Gasteiger partial charge in [-0.05, 0) is 5.56 Å². The Balaban J connectivity index is 1.99. The lowest BCUT2D eigenvalue weighted by molar-refractivity contribution is 0.290. The lowest BCUT2D eigenvalue weighted by Crippen LogP contribution is -2.07. The van der Waals surface area contributed by atoms with Crippen LogP contribution in [0.25, 0.3) is 0 Å². The van der Waals surface area contributed by atoms with Crippen LogP contribution in [0.1, 0.15) is 5.56 Å². The first-order chi connectivity index (χ1) is 7.34. The molecule has 0 spiro atoms. The molecule has 1 heterocycles. The average Bonchev–Trinajstić information content (AvgIpc) is 2.30. The molecule has 4 heteroatoms. The lowest BCUT2D eigenvalue weighted by atomic mass is 10.2. The van der Waals surface area contributed by atoms with Gasteiger partial charge in [-0.15, -0.1) is 5.10 Å². The zero-order chi connectivity index (χ0) is 10.5.